The van der Waals surface area contributed by atoms with E-state index in [4.69, 9.17) is 16.7 Å². The van der Waals surface area contributed by atoms with Crippen LogP contribution in [-0.4, -0.2) is 35.5 Å². The lowest BCUT2D eigenvalue weighted by atomic mass is 10.3. The third kappa shape index (κ3) is 5.24. The number of anilines is 2. The normalized spacial score (nSPS) is 12.5. The molecular formula is C14H12ClN5O6S4. The molecule has 0 bridgehead atoms. The van der Waals surface area contributed by atoms with Gasteiger partial charge < -0.3 is 0 Å². The average Bonchev–Trinajstić information content (AvgIpc) is 3.10. The maximum atomic E-state index is 12.4. The number of primary sulfonamides is 1. The van der Waals surface area contributed by atoms with Crippen molar-refractivity contribution >= 4 is 63.8 Å². The molecule has 0 atom stereocenters. The topological polar surface area (TPSA) is 178 Å². The van der Waals surface area contributed by atoms with E-state index in [1.807, 2.05) is 0 Å². The largest absolute Gasteiger partial charge is 0.280 e. The second-order valence-corrected chi connectivity index (χ2v) is 12.1. The predicted octanol–water partition coefficient (Wildman–Crippen LogP) is 1.44. The Morgan fingerprint density at radius 3 is 1.77 bits per heavy atom. The molecule has 4 N–H and O–H groups in total. The number of nitrogens with zero attached hydrogens (tertiary/aromatic N) is 2. The minimum atomic E-state index is -4.13. The summed E-state index contributed by atoms with van der Waals surface area (Å²) in [7, 11) is -12.1. The maximum absolute atomic E-state index is 12.4. The molecule has 16 heteroatoms. The van der Waals surface area contributed by atoms with Crippen molar-refractivity contribution in [2.45, 2.75) is 14.1 Å². The summed E-state index contributed by atoms with van der Waals surface area (Å²) in [6.07, 6.45) is 0. The molecule has 0 unspecified atom stereocenters. The standard InChI is InChI=1S/C14H12ClN5O6S4/c15-9-1-5-11(6-2-9)29(23,24)19-10-3-7-12(8-4-10)30(25,26)20-13-17-18-14(27-13)28(16,21)22/h1-8,19H,(H,17,20)(H2,16,21,22). The molecule has 0 spiro atoms. The molecule has 2 aromatic carbocycles. The van der Waals surface area contributed by atoms with E-state index in [1.54, 1.807) is 0 Å². The van der Waals surface area contributed by atoms with E-state index < -0.39 is 34.4 Å². The maximum Gasteiger partial charge on any atom is 0.267 e. The summed E-state index contributed by atoms with van der Waals surface area (Å²) in [5, 5.41) is 11.7. The Morgan fingerprint density at radius 1 is 0.767 bits per heavy atom. The molecule has 3 rings (SSSR count). The van der Waals surface area contributed by atoms with Crippen molar-refractivity contribution in [3.05, 3.63) is 53.6 Å². The minimum absolute atomic E-state index is 0.0211. The van der Waals surface area contributed by atoms with E-state index in [1.165, 1.54) is 36.4 Å². The fourth-order valence-corrected chi connectivity index (χ4v) is 5.82. The first-order chi connectivity index (χ1) is 13.9. The molecule has 0 saturated carbocycles. The molecule has 160 valence electrons. The van der Waals surface area contributed by atoms with Gasteiger partial charge in [-0.1, -0.05) is 22.9 Å². The SMILES string of the molecule is NS(=O)(=O)c1nnc(NS(=O)(=O)c2ccc(NS(=O)(=O)c3ccc(Cl)cc3)cc2)s1. The number of aromatic nitrogens is 2. The van der Waals surface area contributed by atoms with Gasteiger partial charge in [-0.05, 0) is 48.5 Å². The number of nitrogens with two attached hydrogens (primary N) is 1. The first-order valence-electron chi connectivity index (χ1n) is 7.64. The van der Waals surface area contributed by atoms with Gasteiger partial charge >= 0.3 is 0 Å². The van der Waals surface area contributed by atoms with E-state index in [9.17, 15) is 25.3 Å². The molecule has 0 radical (unpaired) electrons. The quantitative estimate of drug-likeness (QED) is 0.428. The predicted molar refractivity (Wildman–Crippen MR) is 111 cm³/mol. The molecular weight excluding hydrogens is 498 g/mol. The van der Waals surface area contributed by atoms with Gasteiger partial charge in [0.1, 0.15) is 0 Å². The zero-order valence-electron chi connectivity index (χ0n) is 14.6. The summed E-state index contributed by atoms with van der Waals surface area (Å²) in [5.74, 6) is 0. The van der Waals surface area contributed by atoms with Gasteiger partial charge in [0, 0.05) is 10.7 Å². The highest BCUT2D eigenvalue weighted by Gasteiger charge is 2.21. The second kappa shape index (κ2) is 8.09. The molecule has 0 amide bonds. The van der Waals surface area contributed by atoms with Gasteiger partial charge in [0.05, 0.1) is 9.79 Å². The number of hydrogen-bond acceptors (Lipinski definition) is 9. The summed E-state index contributed by atoms with van der Waals surface area (Å²) in [4.78, 5) is -0.239. The van der Waals surface area contributed by atoms with Crippen LogP contribution in [0.3, 0.4) is 0 Å². The van der Waals surface area contributed by atoms with Crippen molar-refractivity contribution in [3.8, 4) is 0 Å². The zero-order chi connectivity index (χ0) is 22.2. The lowest BCUT2D eigenvalue weighted by Gasteiger charge is -2.09. The third-order valence-electron chi connectivity index (χ3n) is 3.41. The van der Waals surface area contributed by atoms with Gasteiger partial charge in [-0.2, -0.15) is 0 Å². The van der Waals surface area contributed by atoms with E-state index in [2.05, 4.69) is 19.6 Å². The molecule has 1 aromatic heterocycles. The lowest BCUT2D eigenvalue weighted by Crippen LogP contribution is -2.14. The molecule has 3 aromatic rings. The van der Waals surface area contributed by atoms with Crippen LogP contribution in [0.2, 0.25) is 5.02 Å². The highest BCUT2D eigenvalue weighted by molar-refractivity contribution is 7.93. The smallest absolute Gasteiger partial charge is 0.267 e. The average molecular weight is 510 g/mol. The minimum Gasteiger partial charge on any atom is -0.280 e. The Balaban J connectivity index is 1.77. The summed E-state index contributed by atoms with van der Waals surface area (Å²) in [6, 6.07) is 10.3. The van der Waals surface area contributed by atoms with Crippen LogP contribution >= 0.6 is 22.9 Å². The summed E-state index contributed by atoms with van der Waals surface area (Å²) < 4.78 is 75.8. The highest BCUT2D eigenvalue weighted by atomic mass is 35.5. The first-order valence-corrected chi connectivity index (χ1v) is 13.4. The Kier molecular flexibility index (Phi) is 6.03. The Bertz CT molecular complexity index is 1390. The molecule has 30 heavy (non-hydrogen) atoms. The number of benzene rings is 2. The number of hydrogen-bond donors (Lipinski definition) is 3. The van der Waals surface area contributed by atoms with E-state index in [0.29, 0.717) is 16.4 Å². The van der Waals surface area contributed by atoms with E-state index in [0.717, 1.165) is 12.1 Å². The molecule has 0 fully saturated rings. The molecule has 0 aliphatic heterocycles. The zero-order valence-corrected chi connectivity index (χ0v) is 18.6. The first kappa shape index (κ1) is 22.4. The Hall–Kier alpha value is -2.30. The van der Waals surface area contributed by atoms with Gasteiger partial charge in [0.2, 0.25) is 9.47 Å². The Labute approximate surface area is 181 Å². The number of sulfonamides is 3. The second-order valence-electron chi connectivity index (χ2n) is 5.61. The highest BCUT2D eigenvalue weighted by Crippen LogP contribution is 2.24. The third-order valence-corrected chi connectivity index (χ3v) is 8.69. The molecule has 0 saturated heterocycles. The molecule has 0 aliphatic carbocycles. The van der Waals surface area contributed by atoms with E-state index in [-0.39, 0.29) is 20.6 Å². The molecule has 0 aliphatic rings. The van der Waals surface area contributed by atoms with Gasteiger partial charge in [0.25, 0.3) is 30.1 Å². The van der Waals surface area contributed by atoms with Crippen LogP contribution in [0.4, 0.5) is 10.8 Å². The monoisotopic (exact) mass is 509 g/mol. The Morgan fingerprint density at radius 2 is 1.27 bits per heavy atom. The fourth-order valence-electron chi connectivity index (χ4n) is 2.07. The van der Waals surface area contributed by atoms with Crippen LogP contribution in [0, 0.1) is 0 Å². The number of halogens is 1. The van der Waals surface area contributed by atoms with Crippen molar-refractivity contribution in [1.29, 1.82) is 0 Å². The lowest BCUT2D eigenvalue weighted by molar-refractivity contribution is 0.595. The number of rotatable bonds is 7. The molecule has 1 heterocycles. The van der Waals surface area contributed by atoms with Crippen LogP contribution in [0.1, 0.15) is 0 Å². The van der Waals surface area contributed by atoms with Crippen LogP contribution in [-0.2, 0) is 30.1 Å². The van der Waals surface area contributed by atoms with Crippen LogP contribution in [0.15, 0.2) is 62.7 Å². The summed E-state index contributed by atoms with van der Waals surface area (Å²) in [5.41, 5.74) is 0.122. The summed E-state index contributed by atoms with van der Waals surface area (Å²) >= 11 is 6.19. The van der Waals surface area contributed by atoms with Crippen molar-refractivity contribution in [2.24, 2.45) is 5.14 Å². The van der Waals surface area contributed by atoms with Gasteiger partial charge in [-0.25, -0.2) is 30.4 Å². The van der Waals surface area contributed by atoms with Gasteiger partial charge in [0.15, 0.2) is 0 Å². The van der Waals surface area contributed by atoms with Crippen LogP contribution < -0.4 is 14.6 Å². The van der Waals surface area contributed by atoms with E-state index >= 15 is 0 Å². The van der Waals surface area contributed by atoms with Gasteiger partial charge in [-0.3, -0.25) is 9.44 Å². The van der Waals surface area contributed by atoms with Crippen LogP contribution in [0.5, 0.6) is 0 Å². The van der Waals surface area contributed by atoms with Crippen LogP contribution in [0.25, 0.3) is 0 Å². The van der Waals surface area contributed by atoms with Crippen molar-refractivity contribution in [3.63, 3.8) is 0 Å². The molecule has 11 nitrogen and oxygen atoms in total. The fraction of sp³-hybridized carbons (Fsp3) is 0. The van der Waals surface area contributed by atoms with Crippen molar-refractivity contribution in [1.82, 2.24) is 10.2 Å². The number of nitrogens with one attached hydrogen (secondary N) is 2. The van der Waals surface area contributed by atoms with Gasteiger partial charge in [-0.15, -0.1) is 10.2 Å². The van der Waals surface area contributed by atoms with Crippen molar-refractivity contribution in [2.75, 3.05) is 9.44 Å². The summed E-state index contributed by atoms with van der Waals surface area (Å²) in [6.45, 7) is 0. The van der Waals surface area contributed by atoms with Crippen molar-refractivity contribution < 1.29 is 25.3 Å².